The van der Waals surface area contributed by atoms with Crippen molar-refractivity contribution in [3.8, 4) is 0 Å². The van der Waals surface area contributed by atoms with E-state index in [0.717, 1.165) is 5.56 Å². The summed E-state index contributed by atoms with van der Waals surface area (Å²) < 4.78 is 4.91. The minimum Gasteiger partial charge on any atom is -0.480 e. The number of nitrogens with one attached hydrogen (secondary N) is 1. The molecule has 1 rings (SSSR count). The van der Waals surface area contributed by atoms with Crippen LogP contribution >= 0.6 is 0 Å². The maximum Gasteiger partial charge on any atom is 0.408 e. The SMILES string of the molecule is CC(C)[C@H](O)[C@@H](NC(=O)OCc1ccccc1)C(=O)O. The Labute approximate surface area is 117 Å². The highest BCUT2D eigenvalue weighted by Crippen LogP contribution is 2.07. The van der Waals surface area contributed by atoms with Crippen LogP contribution < -0.4 is 5.32 Å². The van der Waals surface area contributed by atoms with E-state index in [1.54, 1.807) is 38.1 Å². The second-order valence-corrected chi connectivity index (χ2v) is 4.76. The van der Waals surface area contributed by atoms with Gasteiger partial charge in [0.25, 0.3) is 0 Å². The van der Waals surface area contributed by atoms with Crippen molar-refractivity contribution < 1.29 is 24.5 Å². The highest BCUT2D eigenvalue weighted by Gasteiger charge is 2.30. The Balaban J connectivity index is 2.52. The van der Waals surface area contributed by atoms with Gasteiger partial charge in [0.15, 0.2) is 6.04 Å². The summed E-state index contributed by atoms with van der Waals surface area (Å²) in [4.78, 5) is 22.6. The average Bonchev–Trinajstić information content (AvgIpc) is 2.42. The number of carbonyl (C=O) groups excluding carboxylic acids is 1. The molecule has 1 aromatic carbocycles. The second kappa shape index (κ2) is 7.49. The normalized spacial score (nSPS) is 13.6. The van der Waals surface area contributed by atoms with Gasteiger partial charge in [-0.3, -0.25) is 0 Å². The molecule has 1 aromatic rings. The van der Waals surface area contributed by atoms with Crippen molar-refractivity contribution in [2.45, 2.75) is 32.6 Å². The van der Waals surface area contributed by atoms with Crippen LogP contribution in [0.15, 0.2) is 30.3 Å². The zero-order valence-electron chi connectivity index (χ0n) is 11.4. The number of ether oxygens (including phenoxy) is 1. The summed E-state index contributed by atoms with van der Waals surface area (Å²) in [5.41, 5.74) is 0.791. The number of aliphatic carboxylic acids is 1. The number of amides is 1. The minimum absolute atomic E-state index is 0.0385. The second-order valence-electron chi connectivity index (χ2n) is 4.76. The van der Waals surface area contributed by atoms with Crippen LogP contribution in [0.2, 0.25) is 0 Å². The van der Waals surface area contributed by atoms with Gasteiger partial charge in [0, 0.05) is 0 Å². The summed E-state index contributed by atoms with van der Waals surface area (Å²) in [5.74, 6) is -1.60. The molecule has 0 aromatic heterocycles. The molecular formula is C14H19NO5. The minimum atomic E-state index is -1.39. The molecule has 6 heteroatoms. The molecule has 110 valence electrons. The van der Waals surface area contributed by atoms with Crippen LogP contribution in [0.1, 0.15) is 19.4 Å². The molecule has 0 radical (unpaired) electrons. The average molecular weight is 281 g/mol. The third-order valence-electron chi connectivity index (χ3n) is 2.78. The monoisotopic (exact) mass is 281 g/mol. The van der Waals surface area contributed by atoms with E-state index in [-0.39, 0.29) is 12.5 Å². The largest absolute Gasteiger partial charge is 0.480 e. The van der Waals surface area contributed by atoms with E-state index in [0.29, 0.717) is 0 Å². The van der Waals surface area contributed by atoms with Gasteiger partial charge in [0.1, 0.15) is 6.61 Å². The summed E-state index contributed by atoms with van der Waals surface area (Å²) in [6.07, 6.45) is -2.06. The molecule has 0 saturated carbocycles. The Morgan fingerprint density at radius 2 is 1.85 bits per heavy atom. The van der Waals surface area contributed by atoms with Crippen molar-refractivity contribution in [2.24, 2.45) is 5.92 Å². The van der Waals surface area contributed by atoms with E-state index in [1.807, 2.05) is 6.07 Å². The molecule has 1 amide bonds. The number of carboxylic acid groups (broad SMARTS) is 1. The van der Waals surface area contributed by atoms with Crippen LogP contribution in [-0.4, -0.2) is 34.4 Å². The first-order valence-electron chi connectivity index (χ1n) is 6.30. The lowest BCUT2D eigenvalue weighted by atomic mass is 10.00. The Hall–Kier alpha value is -2.08. The van der Waals surface area contributed by atoms with Crippen LogP contribution in [-0.2, 0) is 16.1 Å². The number of carbonyl (C=O) groups is 2. The molecule has 0 saturated heterocycles. The zero-order chi connectivity index (χ0) is 15.1. The highest BCUT2D eigenvalue weighted by molar-refractivity contribution is 5.80. The molecule has 0 spiro atoms. The predicted octanol–water partition coefficient (Wildman–Crippen LogP) is 1.38. The topological polar surface area (TPSA) is 95.9 Å². The number of aliphatic hydroxyl groups excluding tert-OH is 1. The molecule has 2 atom stereocenters. The Morgan fingerprint density at radius 1 is 1.25 bits per heavy atom. The molecule has 0 aliphatic rings. The maximum absolute atomic E-state index is 11.6. The van der Waals surface area contributed by atoms with Gasteiger partial charge in [-0.1, -0.05) is 44.2 Å². The standard InChI is InChI=1S/C14H19NO5/c1-9(2)12(16)11(13(17)18)15-14(19)20-8-10-6-4-3-5-7-10/h3-7,9,11-12,16H,8H2,1-2H3,(H,15,19)(H,17,18)/t11-,12+/m1/s1. The predicted molar refractivity (Wildman–Crippen MR) is 72.0 cm³/mol. The number of alkyl carbamates (subject to hydrolysis) is 1. The van der Waals surface area contributed by atoms with Crippen LogP contribution in [0.25, 0.3) is 0 Å². The Kier molecular flexibility index (Phi) is 5.99. The molecule has 0 unspecified atom stereocenters. The van der Waals surface area contributed by atoms with Gasteiger partial charge in [-0.05, 0) is 11.5 Å². The molecule has 0 heterocycles. The Bertz CT molecular complexity index is 446. The van der Waals surface area contributed by atoms with Gasteiger partial charge in [0.05, 0.1) is 6.10 Å². The first kappa shape index (κ1) is 16.0. The Morgan fingerprint density at radius 3 is 2.35 bits per heavy atom. The van der Waals surface area contributed by atoms with Crippen molar-refractivity contribution in [3.63, 3.8) is 0 Å². The van der Waals surface area contributed by atoms with Crippen molar-refractivity contribution in [3.05, 3.63) is 35.9 Å². The zero-order valence-corrected chi connectivity index (χ0v) is 11.4. The molecule has 3 N–H and O–H groups in total. The fourth-order valence-corrected chi connectivity index (χ4v) is 1.57. The number of aliphatic hydroxyl groups is 1. The fraction of sp³-hybridized carbons (Fsp3) is 0.429. The summed E-state index contributed by atoms with van der Waals surface area (Å²) in [6.45, 7) is 3.37. The lowest BCUT2D eigenvalue weighted by Crippen LogP contribution is -2.50. The summed E-state index contributed by atoms with van der Waals surface area (Å²) >= 11 is 0. The van der Waals surface area contributed by atoms with Gasteiger partial charge in [-0.15, -0.1) is 0 Å². The van der Waals surface area contributed by atoms with Crippen LogP contribution in [0.4, 0.5) is 4.79 Å². The summed E-state index contributed by atoms with van der Waals surface area (Å²) in [5, 5.41) is 20.9. The van der Waals surface area contributed by atoms with Gasteiger partial charge in [0.2, 0.25) is 0 Å². The number of hydrogen-bond acceptors (Lipinski definition) is 4. The quantitative estimate of drug-likeness (QED) is 0.732. The molecule has 20 heavy (non-hydrogen) atoms. The summed E-state index contributed by atoms with van der Waals surface area (Å²) in [7, 11) is 0. The number of rotatable bonds is 6. The van der Waals surface area contributed by atoms with Crippen molar-refractivity contribution in [1.82, 2.24) is 5.32 Å². The third kappa shape index (κ3) is 4.89. The first-order chi connectivity index (χ1) is 9.41. The molecule has 6 nitrogen and oxygen atoms in total. The van der Waals surface area contributed by atoms with E-state index in [1.165, 1.54) is 0 Å². The number of hydrogen-bond donors (Lipinski definition) is 3. The lowest BCUT2D eigenvalue weighted by Gasteiger charge is -2.22. The third-order valence-corrected chi connectivity index (χ3v) is 2.78. The van der Waals surface area contributed by atoms with E-state index >= 15 is 0 Å². The molecular weight excluding hydrogens is 262 g/mol. The smallest absolute Gasteiger partial charge is 0.408 e. The van der Waals surface area contributed by atoms with E-state index < -0.39 is 24.2 Å². The van der Waals surface area contributed by atoms with Gasteiger partial charge in [-0.25, -0.2) is 9.59 Å². The first-order valence-corrected chi connectivity index (χ1v) is 6.30. The highest BCUT2D eigenvalue weighted by atomic mass is 16.5. The molecule has 0 aliphatic heterocycles. The molecule has 0 bridgehead atoms. The van der Waals surface area contributed by atoms with E-state index in [2.05, 4.69) is 5.32 Å². The van der Waals surface area contributed by atoms with Crippen molar-refractivity contribution in [2.75, 3.05) is 0 Å². The summed E-state index contributed by atoms with van der Waals surface area (Å²) in [6, 6.07) is 7.62. The van der Waals surface area contributed by atoms with Gasteiger partial charge >= 0.3 is 12.1 Å². The number of benzene rings is 1. The van der Waals surface area contributed by atoms with Crippen molar-refractivity contribution in [1.29, 1.82) is 0 Å². The maximum atomic E-state index is 11.6. The fourth-order valence-electron chi connectivity index (χ4n) is 1.57. The van der Waals surface area contributed by atoms with Crippen LogP contribution in [0, 0.1) is 5.92 Å². The molecule has 0 fully saturated rings. The number of carboxylic acids is 1. The van der Waals surface area contributed by atoms with Crippen LogP contribution in [0.5, 0.6) is 0 Å². The van der Waals surface area contributed by atoms with Crippen molar-refractivity contribution >= 4 is 12.1 Å². The van der Waals surface area contributed by atoms with Gasteiger partial charge in [-0.2, -0.15) is 0 Å². The lowest BCUT2D eigenvalue weighted by molar-refractivity contribution is -0.143. The van der Waals surface area contributed by atoms with E-state index in [4.69, 9.17) is 9.84 Å². The van der Waals surface area contributed by atoms with E-state index in [9.17, 15) is 14.7 Å². The molecule has 0 aliphatic carbocycles. The van der Waals surface area contributed by atoms with Crippen LogP contribution in [0.3, 0.4) is 0 Å². The van der Waals surface area contributed by atoms with Gasteiger partial charge < -0.3 is 20.3 Å².